The van der Waals surface area contributed by atoms with Gasteiger partial charge in [0.05, 0.1) is 12.2 Å². The standard InChI is InChI=1S/C13H14Cl3NO4/c1-2-8-20-12(19)17-11(13(14,15)16)21-10(18)9-6-4-3-5-7-9/h3-7,11H,2,8H2,1H3,(H,17,19)/t11-/m1/s1. The highest BCUT2D eigenvalue weighted by Gasteiger charge is 2.38. The Morgan fingerprint density at radius 2 is 1.86 bits per heavy atom. The van der Waals surface area contributed by atoms with Crippen LogP contribution in [0.4, 0.5) is 4.79 Å². The third kappa shape index (κ3) is 6.42. The first-order valence-electron chi connectivity index (χ1n) is 6.10. The summed E-state index contributed by atoms with van der Waals surface area (Å²) >= 11 is 17.1. The fraction of sp³-hybridized carbons (Fsp3) is 0.385. The number of amides is 1. The first-order valence-corrected chi connectivity index (χ1v) is 7.24. The second-order valence-electron chi connectivity index (χ2n) is 3.97. The number of benzene rings is 1. The van der Waals surface area contributed by atoms with Crippen LogP contribution in [0, 0.1) is 0 Å². The molecule has 1 atom stereocenters. The molecule has 0 heterocycles. The molecule has 1 rings (SSSR count). The van der Waals surface area contributed by atoms with Gasteiger partial charge in [0.1, 0.15) is 0 Å². The van der Waals surface area contributed by atoms with E-state index in [1.165, 1.54) is 12.1 Å². The molecule has 1 amide bonds. The van der Waals surface area contributed by atoms with Gasteiger partial charge in [0, 0.05) is 0 Å². The van der Waals surface area contributed by atoms with Gasteiger partial charge in [-0.3, -0.25) is 5.32 Å². The number of hydrogen-bond acceptors (Lipinski definition) is 4. The highest BCUT2D eigenvalue weighted by atomic mass is 35.6. The summed E-state index contributed by atoms with van der Waals surface area (Å²) in [5.74, 6) is -0.734. The average Bonchev–Trinajstić information content (AvgIpc) is 2.44. The van der Waals surface area contributed by atoms with Gasteiger partial charge >= 0.3 is 12.1 Å². The molecule has 0 bridgehead atoms. The Kier molecular flexibility index (Phi) is 7.08. The summed E-state index contributed by atoms with van der Waals surface area (Å²) in [4.78, 5) is 23.4. The van der Waals surface area contributed by atoms with Gasteiger partial charge in [-0.15, -0.1) is 0 Å². The first-order chi connectivity index (χ1) is 9.84. The van der Waals surface area contributed by atoms with Crippen LogP contribution in [0.15, 0.2) is 30.3 Å². The zero-order valence-electron chi connectivity index (χ0n) is 11.1. The van der Waals surface area contributed by atoms with E-state index >= 15 is 0 Å². The van der Waals surface area contributed by atoms with Crippen molar-refractivity contribution < 1.29 is 19.1 Å². The fourth-order valence-electron chi connectivity index (χ4n) is 1.27. The molecule has 0 aliphatic carbocycles. The van der Waals surface area contributed by atoms with Gasteiger partial charge in [-0.1, -0.05) is 59.9 Å². The number of esters is 1. The Morgan fingerprint density at radius 1 is 1.24 bits per heavy atom. The molecule has 1 aromatic rings. The highest BCUT2D eigenvalue weighted by molar-refractivity contribution is 6.68. The van der Waals surface area contributed by atoms with Crippen molar-refractivity contribution in [3.63, 3.8) is 0 Å². The number of alkyl halides is 3. The van der Waals surface area contributed by atoms with E-state index in [0.29, 0.717) is 6.42 Å². The van der Waals surface area contributed by atoms with Gasteiger partial charge in [-0.2, -0.15) is 0 Å². The van der Waals surface area contributed by atoms with Crippen LogP contribution in [0.25, 0.3) is 0 Å². The molecular weight excluding hydrogens is 341 g/mol. The Morgan fingerprint density at radius 3 is 2.38 bits per heavy atom. The molecule has 0 aliphatic heterocycles. The van der Waals surface area contributed by atoms with Crippen molar-refractivity contribution in [3.8, 4) is 0 Å². The molecule has 0 fully saturated rings. The van der Waals surface area contributed by atoms with Crippen LogP contribution < -0.4 is 5.32 Å². The minimum absolute atomic E-state index is 0.199. The molecule has 0 spiro atoms. The maximum absolute atomic E-state index is 11.9. The van der Waals surface area contributed by atoms with Crippen molar-refractivity contribution in [2.45, 2.75) is 23.4 Å². The molecule has 5 nitrogen and oxygen atoms in total. The molecule has 0 saturated heterocycles. The van der Waals surface area contributed by atoms with Crippen molar-refractivity contribution >= 4 is 46.9 Å². The third-order valence-corrected chi connectivity index (χ3v) is 2.81. The van der Waals surface area contributed by atoms with Crippen molar-refractivity contribution in [2.24, 2.45) is 0 Å². The first kappa shape index (κ1) is 17.9. The van der Waals surface area contributed by atoms with Crippen LogP contribution in [0.1, 0.15) is 23.7 Å². The second-order valence-corrected chi connectivity index (χ2v) is 6.34. The Balaban J connectivity index is 2.71. The maximum Gasteiger partial charge on any atom is 0.410 e. The van der Waals surface area contributed by atoms with Gasteiger partial charge in [-0.25, -0.2) is 9.59 Å². The zero-order chi connectivity index (χ0) is 15.9. The van der Waals surface area contributed by atoms with E-state index in [-0.39, 0.29) is 12.2 Å². The molecule has 8 heteroatoms. The van der Waals surface area contributed by atoms with Gasteiger partial charge in [-0.05, 0) is 18.6 Å². The number of alkyl carbamates (subject to hydrolysis) is 1. The van der Waals surface area contributed by atoms with Crippen LogP contribution in [0.3, 0.4) is 0 Å². The minimum Gasteiger partial charge on any atom is -0.449 e. The highest BCUT2D eigenvalue weighted by Crippen LogP contribution is 2.31. The van der Waals surface area contributed by atoms with E-state index in [0.717, 1.165) is 0 Å². The summed E-state index contributed by atoms with van der Waals surface area (Å²) in [6, 6.07) is 8.12. The van der Waals surface area contributed by atoms with Gasteiger partial charge in [0.15, 0.2) is 0 Å². The summed E-state index contributed by atoms with van der Waals surface area (Å²) in [6.45, 7) is 2.03. The normalized spacial score (nSPS) is 12.4. The lowest BCUT2D eigenvalue weighted by molar-refractivity contribution is 0.0216. The molecule has 116 valence electrons. The van der Waals surface area contributed by atoms with E-state index < -0.39 is 22.1 Å². The molecule has 1 aromatic carbocycles. The molecule has 0 aliphatic rings. The average molecular weight is 355 g/mol. The topological polar surface area (TPSA) is 64.6 Å². The van der Waals surface area contributed by atoms with E-state index in [2.05, 4.69) is 5.32 Å². The fourth-order valence-corrected chi connectivity index (χ4v) is 1.57. The van der Waals surface area contributed by atoms with E-state index in [1.54, 1.807) is 18.2 Å². The second kappa shape index (κ2) is 8.32. The summed E-state index contributed by atoms with van der Waals surface area (Å²) in [7, 11) is 0. The molecule has 1 N–H and O–H groups in total. The number of carbonyl (C=O) groups is 2. The Hall–Kier alpha value is -1.17. The lowest BCUT2D eigenvalue weighted by atomic mass is 10.2. The van der Waals surface area contributed by atoms with Crippen molar-refractivity contribution in [1.29, 1.82) is 0 Å². The van der Waals surface area contributed by atoms with Crippen LogP contribution in [0.5, 0.6) is 0 Å². The monoisotopic (exact) mass is 353 g/mol. The molecule has 21 heavy (non-hydrogen) atoms. The predicted molar refractivity (Wildman–Crippen MR) is 80.7 cm³/mol. The quantitative estimate of drug-likeness (QED) is 0.498. The van der Waals surface area contributed by atoms with E-state index in [1.807, 2.05) is 6.92 Å². The summed E-state index contributed by atoms with van der Waals surface area (Å²) in [5.41, 5.74) is 0.264. The van der Waals surface area contributed by atoms with Crippen LogP contribution in [-0.4, -0.2) is 28.7 Å². The predicted octanol–water partition coefficient (Wildman–Crippen LogP) is 3.68. The van der Waals surface area contributed by atoms with Crippen LogP contribution in [0.2, 0.25) is 0 Å². The Bertz CT molecular complexity index is 476. The summed E-state index contributed by atoms with van der Waals surface area (Å²) in [6.07, 6.45) is -1.68. The number of hydrogen-bond donors (Lipinski definition) is 1. The van der Waals surface area contributed by atoms with E-state index in [4.69, 9.17) is 44.3 Å². The number of nitrogens with one attached hydrogen (secondary N) is 1. The molecular formula is C13H14Cl3NO4. The Labute approximate surface area is 137 Å². The van der Waals surface area contributed by atoms with Gasteiger partial charge < -0.3 is 9.47 Å². The molecule has 0 aromatic heterocycles. The summed E-state index contributed by atoms with van der Waals surface area (Å²) < 4.78 is 7.76. The van der Waals surface area contributed by atoms with Crippen LogP contribution in [-0.2, 0) is 9.47 Å². The largest absolute Gasteiger partial charge is 0.449 e. The number of carbonyl (C=O) groups excluding carboxylic acids is 2. The van der Waals surface area contributed by atoms with Gasteiger partial charge in [0.2, 0.25) is 10.0 Å². The zero-order valence-corrected chi connectivity index (χ0v) is 13.4. The summed E-state index contributed by atoms with van der Waals surface area (Å²) in [5, 5.41) is 2.19. The van der Waals surface area contributed by atoms with Crippen molar-refractivity contribution in [2.75, 3.05) is 6.61 Å². The van der Waals surface area contributed by atoms with Crippen molar-refractivity contribution in [3.05, 3.63) is 35.9 Å². The molecule has 0 radical (unpaired) electrons. The lowest BCUT2D eigenvalue weighted by Crippen LogP contribution is -2.47. The smallest absolute Gasteiger partial charge is 0.410 e. The minimum atomic E-state index is -2.03. The maximum atomic E-state index is 11.9. The molecule has 0 unspecified atom stereocenters. The molecule has 0 saturated carbocycles. The van der Waals surface area contributed by atoms with E-state index in [9.17, 15) is 9.59 Å². The SMILES string of the molecule is CCCOC(=O)N[C@H](OC(=O)c1ccccc1)C(Cl)(Cl)Cl. The van der Waals surface area contributed by atoms with Crippen molar-refractivity contribution in [1.82, 2.24) is 5.32 Å². The van der Waals surface area contributed by atoms with Gasteiger partial charge in [0.25, 0.3) is 0 Å². The lowest BCUT2D eigenvalue weighted by Gasteiger charge is -2.24. The third-order valence-electron chi connectivity index (χ3n) is 2.22. The number of rotatable bonds is 5. The number of ether oxygens (including phenoxy) is 2. The number of halogens is 3. The van der Waals surface area contributed by atoms with Crippen LogP contribution >= 0.6 is 34.8 Å².